The lowest BCUT2D eigenvalue weighted by atomic mass is 10.2. The highest BCUT2D eigenvalue weighted by atomic mass is 35.5. The van der Waals surface area contributed by atoms with Gasteiger partial charge in [0.1, 0.15) is 4.90 Å². The molecule has 0 aromatic heterocycles. The largest absolute Gasteiger partial charge is 0.351 e. The van der Waals surface area contributed by atoms with Gasteiger partial charge in [-0.25, -0.2) is 13.6 Å². The summed E-state index contributed by atoms with van der Waals surface area (Å²) in [6.45, 7) is 1.94. The third kappa shape index (κ3) is 5.23. The third-order valence-electron chi connectivity index (χ3n) is 2.49. The molecule has 1 aromatic rings. The van der Waals surface area contributed by atoms with Gasteiger partial charge in [0.2, 0.25) is 10.0 Å². The molecule has 1 aromatic carbocycles. The molecule has 0 saturated carbocycles. The van der Waals surface area contributed by atoms with Crippen molar-refractivity contribution in [2.45, 2.75) is 11.8 Å². The van der Waals surface area contributed by atoms with Crippen molar-refractivity contribution in [2.24, 2.45) is 5.14 Å². The fourth-order valence-corrected chi connectivity index (χ4v) is 3.52. The molecule has 0 fully saturated rings. The Morgan fingerprint density at radius 3 is 2.52 bits per heavy atom. The molecule has 0 saturated heterocycles. The molecule has 6 nitrogen and oxygen atoms in total. The van der Waals surface area contributed by atoms with Crippen LogP contribution in [0.1, 0.15) is 17.3 Å². The summed E-state index contributed by atoms with van der Waals surface area (Å²) in [5.74, 6) is 0.173. The van der Waals surface area contributed by atoms with E-state index in [4.69, 9.17) is 28.3 Å². The molecule has 0 bridgehead atoms. The Morgan fingerprint density at radius 1 is 1.38 bits per heavy atom. The first kappa shape index (κ1) is 18.4. The van der Waals surface area contributed by atoms with E-state index in [0.29, 0.717) is 11.5 Å². The van der Waals surface area contributed by atoms with Crippen molar-refractivity contribution in [1.29, 1.82) is 0 Å². The van der Waals surface area contributed by atoms with Crippen LogP contribution in [0.3, 0.4) is 0 Å². The first-order valence-electron chi connectivity index (χ1n) is 5.81. The molecule has 0 radical (unpaired) electrons. The number of benzene rings is 1. The minimum Gasteiger partial charge on any atom is -0.351 e. The van der Waals surface area contributed by atoms with Crippen LogP contribution in [0.15, 0.2) is 17.0 Å². The van der Waals surface area contributed by atoms with Crippen LogP contribution in [0.2, 0.25) is 10.0 Å². The summed E-state index contributed by atoms with van der Waals surface area (Å²) in [4.78, 5) is 11.6. The summed E-state index contributed by atoms with van der Waals surface area (Å²) in [7, 11) is -5.11. The summed E-state index contributed by atoms with van der Waals surface area (Å²) in [5, 5.41) is 7.23. The van der Waals surface area contributed by atoms with Crippen molar-refractivity contribution in [3.05, 3.63) is 27.7 Å². The Morgan fingerprint density at radius 2 is 2.00 bits per heavy atom. The van der Waals surface area contributed by atoms with Crippen molar-refractivity contribution in [3.8, 4) is 0 Å². The zero-order chi connectivity index (χ0) is 16.2. The number of sulfonamides is 1. The standard InChI is InChI=1S/C11H14Cl2N2O4S2/c1-2-20(17)4-3-15-11(16)8-5-7(12)6-9(10(8)13)21(14,18)19/h5-6H,2-4H2,1H3,(H,15,16)(H2,14,18,19). The molecule has 0 spiro atoms. The molecule has 0 aliphatic carbocycles. The molecule has 10 heteroatoms. The lowest BCUT2D eigenvalue weighted by Gasteiger charge is -2.10. The molecule has 0 heterocycles. The van der Waals surface area contributed by atoms with Gasteiger partial charge in [-0.1, -0.05) is 30.1 Å². The highest BCUT2D eigenvalue weighted by Crippen LogP contribution is 2.28. The van der Waals surface area contributed by atoms with E-state index in [1.54, 1.807) is 6.92 Å². The lowest BCUT2D eigenvalue weighted by molar-refractivity contribution is 0.0956. The number of nitrogens with two attached hydrogens (primary N) is 1. The minimum absolute atomic E-state index is 0.0192. The summed E-state index contributed by atoms with van der Waals surface area (Å²) in [5.41, 5.74) is -0.101. The SMILES string of the molecule is CCS(=O)CCNC(=O)c1cc(Cl)cc(S(N)(=O)=O)c1Cl. The van der Waals surface area contributed by atoms with E-state index in [2.05, 4.69) is 5.32 Å². The van der Waals surface area contributed by atoms with E-state index in [1.807, 2.05) is 0 Å². The van der Waals surface area contributed by atoms with Crippen LogP contribution in [0.5, 0.6) is 0 Å². The molecule has 0 aliphatic rings. The summed E-state index contributed by atoms with van der Waals surface area (Å²) >= 11 is 11.7. The number of rotatable bonds is 6. The average molecular weight is 373 g/mol. The van der Waals surface area contributed by atoms with Crippen molar-refractivity contribution in [3.63, 3.8) is 0 Å². The second-order valence-corrected chi connectivity index (χ2v) is 8.21. The van der Waals surface area contributed by atoms with Gasteiger partial charge in [0, 0.05) is 33.9 Å². The lowest BCUT2D eigenvalue weighted by Crippen LogP contribution is -2.28. The molecule has 1 amide bonds. The highest BCUT2D eigenvalue weighted by molar-refractivity contribution is 7.89. The van der Waals surface area contributed by atoms with E-state index in [9.17, 15) is 17.4 Å². The predicted molar refractivity (Wildman–Crippen MR) is 83.7 cm³/mol. The number of primary sulfonamides is 1. The smallest absolute Gasteiger partial charge is 0.252 e. The van der Waals surface area contributed by atoms with Crippen LogP contribution in [0, 0.1) is 0 Å². The summed E-state index contributed by atoms with van der Waals surface area (Å²) in [6, 6.07) is 2.31. The Kier molecular flexibility index (Phi) is 6.61. The summed E-state index contributed by atoms with van der Waals surface area (Å²) < 4.78 is 34.0. The maximum Gasteiger partial charge on any atom is 0.252 e. The van der Waals surface area contributed by atoms with Gasteiger partial charge >= 0.3 is 0 Å². The van der Waals surface area contributed by atoms with Crippen LogP contribution in [-0.4, -0.2) is 36.6 Å². The second kappa shape index (κ2) is 7.55. The van der Waals surface area contributed by atoms with Gasteiger partial charge in [-0.15, -0.1) is 0 Å². The van der Waals surface area contributed by atoms with Gasteiger partial charge in [0.05, 0.1) is 10.6 Å². The number of halogens is 2. The van der Waals surface area contributed by atoms with Gasteiger partial charge in [0.25, 0.3) is 5.91 Å². The van der Waals surface area contributed by atoms with Gasteiger partial charge < -0.3 is 5.32 Å². The Balaban J connectivity index is 3.00. The molecule has 118 valence electrons. The number of amides is 1. The third-order valence-corrected chi connectivity index (χ3v) is 5.47. The number of hydrogen-bond acceptors (Lipinski definition) is 4. The van der Waals surface area contributed by atoms with Crippen LogP contribution in [0.4, 0.5) is 0 Å². The van der Waals surface area contributed by atoms with Crippen molar-refractivity contribution >= 4 is 49.9 Å². The first-order valence-corrected chi connectivity index (χ1v) is 9.60. The zero-order valence-corrected chi connectivity index (χ0v) is 14.2. The van der Waals surface area contributed by atoms with E-state index in [-0.39, 0.29) is 22.2 Å². The maximum absolute atomic E-state index is 12.0. The van der Waals surface area contributed by atoms with Crippen LogP contribution < -0.4 is 10.5 Å². The van der Waals surface area contributed by atoms with Crippen molar-refractivity contribution in [1.82, 2.24) is 5.32 Å². The highest BCUT2D eigenvalue weighted by Gasteiger charge is 2.21. The van der Waals surface area contributed by atoms with Crippen molar-refractivity contribution in [2.75, 3.05) is 18.1 Å². The Hall–Kier alpha value is -0.670. The van der Waals surface area contributed by atoms with Crippen LogP contribution in [-0.2, 0) is 20.8 Å². The minimum atomic E-state index is -4.09. The topological polar surface area (TPSA) is 106 Å². The predicted octanol–water partition coefficient (Wildman–Crippen LogP) is 1.14. The maximum atomic E-state index is 12.0. The fraction of sp³-hybridized carbons (Fsp3) is 0.364. The van der Waals surface area contributed by atoms with Gasteiger partial charge in [0.15, 0.2) is 0 Å². The Bertz CT molecular complexity index is 677. The quantitative estimate of drug-likeness (QED) is 0.780. The number of carbonyl (C=O) groups is 1. The fourth-order valence-electron chi connectivity index (χ4n) is 1.45. The van der Waals surface area contributed by atoms with Gasteiger partial charge in [-0.05, 0) is 12.1 Å². The normalized spacial score (nSPS) is 13.0. The molecule has 1 atom stereocenters. The molecule has 0 aliphatic heterocycles. The summed E-state index contributed by atoms with van der Waals surface area (Å²) in [6.07, 6.45) is 0. The van der Waals surface area contributed by atoms with E-state index >= 15 is 0 Å². The van der Waals surface area contributed by atoms with E-state index < -0.39 is 31.6 Å². The number of hydrogen-bond donors (Lipinski definition) is 2. The number of carbonyl (C=O) groups excluding carboxylic acids is 1. The first-order chi connectivity index (χ1) is 9.66. The van der Waals surface area contributed by atoms with Gasteiger partial charge in [-0.2, -0.15) is 0 Å². The van der Waals surface area contributed by atoms with E-state index in [0.717, 1.165) is 6.07 Å². The average Bonchev–Trinajstić information content (AvgIpc) is 2.39. The molecular weight excluding hydrogens is 359 g/mol. The van der Waals surface area contributed by atoms with E-state index in [1.165, 1.54) is 6.07 Å². The molecular formula is C11H14Cl2N2O4S2. The Labute approximate surface area is 135 Å². The van der Waals surface area contributed by atoms with Gasteiger partial charge in [-0.3, -0.25) is 9.00 Å². The zero-order valence-electron chi connectivity index (χ0n) is 11.1. The number of nitrogens with one attached hydrogen (secondary N) is 1. The van der Waals surface area contributed by atoms with Crippen LogP contribution in [0.25, 0.3) is 0 Å². The monoisotopic (exact) mass is 372 g/mol. The second-order valence-electron chi connectivity index (χ2n) is 4.00. The molecule has 3 N–H and O–H groups in total. The molecule has 1 rings (SSSR count). The molecule has 1 unspecified atom stereocenters. The van der Waals surface area contributed by atoms with Crippen LogP contribution >= 0.6 is 23.2 Å². The molecule has 21 heavy (non-hydrogen) atoms. The van der Waals surface area contributed by atoms with Crippen molar-refractivity contribution < 1.29 is 17.4 Å².